The van der Waals surface area contributed by atoms with Crippen LogP contribution >= 0.6 is 0 Å². The third-order valence-corrected chi connectivity index (χ3v) is 3.32. The first kappa shape index (κ1) is 19.6. The number of carbonyl (C=O) groups excluding carboxylic acids is 1. The van der Waals surface area contributed by atoms with Gasteiger partial charge in [-0.05, 0) is 32.9 Å². The number of aliphatic hydroxyl groups is 1. The Kier molecular flexibility index (Phi) is 5.81. The fourth-order valence-corrected chi connectivity index (χ4v) is 2.27. The standard InChI is InChI=1S/C17H22FN3O5/c1-17(2,3)26-16(23)19-8-11(22)12-9(18)6-7-10-13(12)21-15(25-5)14(20-10)24-4/h6-7,11,22H,8H2,1-5H3,(H,19,23)/t11-/m1/s1. The topological polar surface area (TPSA) is 103 Å². The molecule has 2 aromatic rings. The van der Waals surface area contributed by atoms with Gasteiger partial charge in [0.05, 0.1) is 26.3 Å². The van der Waals surface area contributed by atoms with E-state index in [1.807, 2.05) is 0 Å². The summed E-state index contributed by atoms with van der Waals surface area (Å²) in [5.74, 6) is -0.490. The van der Waals surface area contributed by atoms with Crippen molar-refractivity contribution in [3.8, 4) is 11.8 Å². The second kappa shape index (κ2) is 7.69. The fourth-order valence-electron chi connectivity index (χ4n) is 2.27. The molecule has 1 atom stereocenters. The summed E-state index contributed by atoms with van der Waals surface area (Å²) in [6.45, 7) is 4.87. The van der Waals surface area contributed by atoms with Gasteiger partial charge < -0.3 is 24.6 Å². The maximum absolute atomic E-state index is 14.3. The maximum Gasteiger partial charge on any atom is 0.407 e. The van der Waals surface area contributed by atoms with Gasteiger partial charge in [0.15, 0.2) is 0 Å². The van der Waals surface area contributed by atoms with Crippen LogP contribution in [-0.2, 0) is 4.74 Å². The molecule has 0 fully saturated rings. The van der Waals surface area contributed by atoms with Crippen LogP contribution in [-0.4, -0.2) is 47.5 Å². The zero-order valence-electron chi connectivity index (χ0n) is 15.3. The van der Waals surface area contributed by atoms with Crippen LogP contribution in [0.5, 0.6) is 11.8 Å². The Balaban J connectivity index is 2.32. The molecule has 1 aromatic carbocycles. The lowest BCUT2D eigenvalue weighted by atomic mass is 10.1. The van der Waals surface area contributed by atoms with Gasteiger partial charge in [-0.3, -0.25) is 0 Å². The lowest BCUT2D eigenvalue weighted by molar-refractivity contribution is 0.0490. The van der Waals surface area contributed by atoms with E-state index in [2.05, 4.69) is 15.3 Å². The van der Waals surface area contributed by atoms with E-state index < -0.39 is 23.6 Å². The first-order chi connectivity index (χ1) is 12.2. The van der Waals surface area contributed by atoms with Gasteiger partial charge in [0, 0.05) is 5.56 Å². The third kappa shape index (κ3) is 4.48. The highest BCUT2D eigenvalue weighted by Gasteiger charge is 2.23. The van der Waals surface area contributed by atoms with Crippen LogP contribution in [0.2, 0.25) is 0 Å². The molecular weight excluding hydrogens is 345 g/mol. The summed E-state index contributed by atoms with van der Waals surface area (Å²) in [5.41, 5.74) is -0.363. The van der Waals surface area contributed by atoms with Crippen molar-refractivity contribution >= 4 is 17.1 Å². The highest BCUT2D eigenvalue weighted by atomic mass is 19.1. The molecule has 0 bridgehead atoms. The van der Waals surface area contributed by atoms with Gasteiger partial charge in [0.25, 0.3) is 11.8 Å². The normalized spacial score (nSPS) is 12.6. The van der Waals surface area contributed by atoms with Gasteiger partial charge in [0.2, 0.25) is 0 Å². The maximum atomic E-state index is 14.3. The Morgan fingerprint density at radius 1 is 1.23 bits per heavy atom. The number of aliphatic hydroxyl groups excluding tert-OH is 1. The van der Waals surface area contributed by atoms with Crippen molar-refractivity contribution in [2.75, 3.05) is 20.8 Å². The molecule has 0 radical (unpaired) electrons. The number of benzene rings is 1. The van der Waals surface area contributed by atoms with Crippen molar-refractivity contribution in [1.29, 1.82) is 0 Å². The molecular formula is C17H22FN3O5. The van der Waals surface area contributed by atoms with Gasteiger partial charge in [-0.15, -0.1) is 0 Å². The minimum Gasteiger partial charge on any atom is -0.477 e. The number of methoxy groups -OCH3 is 2. The summed E-state index contributed by atoms with van der Waals surface area (Å²) in [6, 6.07) is 2.58. The number of hydrogen-bond donors (Lipinski definition) is 2. The molecule has 9 heteroatoms. The number of aromatic nitrogens is 2. The number of ether oxygens (including phenoxy) is 3. The molecule has 2 N–H and O–H groups in total. The minimum atomic E-state index is -1.36. The van der Waals surface area contributed by atoms with E-state index in [4.69, 9.17) is 14.2 Å². The molecule has 26 heavy (non-hydrogen) atoms. The average Bonchev–Trinajstić information content (AvgIpc) is 2.56. The zero-order chi connectivity index (χ0) is 19.5. The van der Waals surface area contributed by atoms with E-state index >= 15 is 0 Å². The van der Waals surface area contributed by atoms with Crippen LogP contribution in [0.25, 0.3) is 11.0 Å². The highest BCUT2D eigenvalue weighted by molar-refractivity contribution is 5.80. The molecule has 0 aliphatic heterocycles. The SMILES string of the molecule is COc1nc2ccc(F)c([C@H](O)CNC(=O)OC(C)(C)C)c2nc1OC. The molecule has 8 nitrogen and oxygen atoms in total. The van der Waals surface area contributed by atoms with Crippen molar-refractivity contribution in [1.82, 2.24) is 15.3 Å². The lowest BCUT2D eigenvalue weighted by Gasteiger charge is -2.21. The van der Waals surface area contributed by atoms with Gasteiger partial charge in [-0.2, -0.15) is 0 Å². The molecule has 1 amide bonds. The molecule has 1 aromatic heterocycles. The van der Waals surface area contributed by atoms with E-state index in [0.29, 0.717) is 5.52 Å². The van der Waals surface area contributed by atoms with Gasteiger partial charge >= 0.3 is 6.09 Å². The number of carbonyl (C=O) groups is 1. The molecule has 142 valence electrons. The lowest BCUT2D eigenvalue weighted by Crippen LogP contribution is -2.35. The van der Waals surface area contributed by atoms with E-state index in [1.165, 1.54) is 20.3 Å². The Bertz CT molecular complexity index is 807. The number of halogens is 1. The van der Waals surface area contributed by atoms with Crippen LogP contribution in [0, 0.1) is 5.82 Å². The van der Waals surface area contributed by atoms with Crippen LogP contribution < -0.4 is 14.8 Å². The van der Waals surface area contributed by atoms with Gasteiger partial charge in [-0.25, -0.2) is 19.2 Å². The van der Waals surface area contributed by atoms with Gasteiger partial charge in [-0.1, -0.05) is 0 Å². The summed E-state index contributed by atoms with van der Waals surface area (Å²) in [6.07, 6.45) is -2.08. The number of hydrogen-bond acceptors (Lipinski definition) is 7. The van der Waals surface area contributed by atoms with Crippen LogP contribution in [0.4, 0.5) is 9.18 Å². The summed E-state index contributed by atoms with van der Waals surface area (Å²) in [7, 11) is 2.78. The number of nitrogens with zero attached hydrogens (tertiary/aromatic N) is 2. The Hall–Kier alpha value is -2.68. The first-order valence-corrected chi connectivity index (χ1v) is 7.89. The number of nitrogens with one attached hydrogen (secondary N) is 1. The number of rotatable bonds is 5. The summed E-state index contributed by atoms with van der Waals surface area (Å²) < 4.78 is 29.6. The second-order valence-electron chi connectivity index (χ2n) is 6.47. The fraction of sp³-hybridized carbons (Fsp3) is 0.471. The Morgan fingerprint density at radius 3 is 2.42 bits per heavy atom. The van der Waals surface area contributed by atoms with Gasteiger partial charge in [0.1, 0.15) is 23.0 Å². The summed E-state index contributed by atoms with van der Waals surface area (Å²) in [5, 5.41) is 12.8. The van der Waals surface area contributed by atoms with E-state index in [0.717, 1.165) is 6.07 Å². The van der Waals surface area contributed by atoms with Crippen molar-refractivity contribution in [2.45, 2.75) is 32.5 Å². The number of fused-ring (bicyclic) bond motifs is 1. The monoisotopic (exact) mass is 367 g/mol. The number of alkyl carbamates (subject to hydrolysis) is 1. The van der Waals surface area contributed by atoms with E-state index in [-0.39, 0.29) is 29.4 Å². The van der Waals surface area contributed by atoms with Crippen LogP contribution in [0.3, 0.4) is 0 Å². The molecule has 0 aliphatic carbocycles. The molecule has 0 saturated carbocycles. The largest absolute Gasteiger partial charge is 0.477 e. The highest BCUT2D eigenvalue weighted by Crippen LogP contribution is 2.30. The zero-order valence-corrected chi connectivity index (χ0v) is 15.3. The first-order valence-electron chi connectivity index (χ1n) is 7.89. The van der Waals surface area contributed by atoms with E-state index in [1.54, 1.807) is 20.8 Å². The van der Waals surface area contributed by atoms with Crippen molar-refractivity contribution in [3.05, 3.63) is 23.5 Å². The Morgan fingerprint density at radius 2 is 1.85 bits per heavy atom. The quantitative estimate of drug-likeness (QED) is 0.836. The average molecular weight is 367 g/mol. The molecule has 0 spiro atoms. The molecule has 1 heterocycles. The van der Waals surface area contributed by atoms with E-state index in [9.17, 15) is 14.3 Å². The molecule has 0 unspecified atom stereocenters. The third-order valence-electron chi connectivity index (χ3n) is 3.32. The Labute approximate surface area is 150 Å². The predicted molar refractivity (Wildman–Crippen MR) is 91.8 cm³/mol. The summed E-state index contributed by atoms with van der Waals surface area (Å²) >= 11 is 0. The smallest absolute Gasteiger partial charge is 0.407 e. The molecule has 0 aliphatic rings. The predicted octanol–water partition coefficient (Wildman–Crippen LogP) is 2.34. The van der Waals surface area contributed by atoms with Crippen molar-refractivity contribution < 1.29 is 28.5 Å². The van der Waals surface area contributed by atoms with Crippen LogP contribution in [0.15, 0.2) is 12.1 Å². The molecule has 2 rings (SSSR count). The van der Waals surface area contributed by atoms with Crippen molar-refractivity contribution in [2.24, 2.45) is 0 Å². The second-order valence-corrected chi connectivity index (χ2v) is 6.47. The summed E-state index contributed by atoms with van der Waals surface area (Å²) in [4.78, 5) is 20.1. The molecule has 0 saturated heterocycles. The number of amides is 1. The minimum absolute atomic E-state index is 0.0548. The van der Waals surface area contributed by atoms with Crippen molar-refractivity contribution in [3.63, 3.8) is 0 Å². The van der Waals surface area contributed by atoms with Crippen LogP contribution in [0.1, 0.15) is 32.4 Å².